The summed E-state index contributed by atoms with van der Waals surface area (Å²) in [7, 11) is 0. The number of ether oxygens (including phenoxy) is 1. The summed E-state index contributed by atoms with van der Waals surface area (Å²) in [6.45, 7) is 6.00. The molecule has 1 aliphatic rings. The predicted molar refractivity (Wildman–Crippen MR) is 83.9 cm³/mol. The summed E-state index contributed by atoms with van der Waals surface area (Å²) >= 11 is 0. The van der Waals surface area contributed by atoms with E-state index in [9.17, 15) is 9.59 Å². The molecular formula is C17H31NO3. The molecule has 0 aromatic rings. The zero-order valence-electron chi connectivity index (χ0n) is 13.7. The molecule has 1 fully saturated rings. The number of carbonyl (C=O) groups is 2. The summed E-state index contributed by atoms with van der Waals surface area (Å²) in [6, 6.07) is 0. The standard InChI is InChI=1S/C17H31NO3/c1-3-5-6-7-8-9-10-11-18-14-15(13-16(18)19)17(20)21-12-4-2/h15H,3-14H2,1-2H3. The molecule has 1 saturated heterocycles. The Morgan fingerprint density at radius 1 is 1.10 bits per heavy atom. The van der Waals surface area contributed by atoms with Gasteiger partial charge in [0, 0.05) is 19.5 Å². The highest BCUT2D eigenvalue weighted by molar-refractivity contribution is 5.86. The van der Waals surface area contributed by atoms with Crippen LogP contribution in [-0.4, -0.2) is 36.5 Å². The number of nitrogens with zero attached hydrogens (tertiary/aromatic N) is 1. The monoisotopic (exact) mass is 297 g/mol. The lowest BCUT2D eigenvalue weighted by molar-refractivity contribution is -0.148. The van der Waals surface area contributed by atoms with Crippen LogP contribution in [0.15, 0.2) is 0 Å². The number of likely N-dealkylation sites (tertiary alicyclic amines) is 1. The number of unbranched alkanes of at least 4 members (excludes halogenated alkanes) is 6. The van der Waals surface area contributed by atoms with Crippen molar-refractivity contribution in [2.24, 2.45) is 5.92 Å². The van der Waals surface area contributed by atoms with E-state index in [1.807, 2.05) is 11.8 Å². The number of carbonyl (C=O) groups excluding carboxylic acids is 2. The van der Waals surface area contributed by atoms with Crippen LogP contribution in [0.5, 0.6) is 0 Å². The Bertz CT molecular complexity index is 317. The van der Waals surface area contributed by atoms with Gasteiger partial charge in [0.1, 0.15) is 0 Å². The average Bonchev–Trinajstić information content (AvgIpc) is 2.85. The van der Waals surface area contributed by atoms with Gasteiger partial charge in [0.2, 0.25) is 5.91 Å². The molecular weight excluding hydrogens is 266 g/mol. The molecule has 1 aliphatic heterocycles. The van der Waals surface area contributed by atoms with Gasteiger partial charge in [-0.1, -0.05) is 52.4 Å². The van der Waals surface area contributed by atoms with Crippen LogP contribution in [0.1, 0.15) is 71.6 Å². The molecule has 1 amide bonds. The third-order valence-electron chi connectivity index (χ3n) is 4.03. The molecule has 4 nitrogen and oxygen atoms in total. The van der Waals surface area contributed by atoms with Crippen LogP contribution in [0.3, 0.4) is 0 Å². The molecule has 0 saturated carbocycles. The summed E-state index contributed by atoms with van der Waals surface area (Å²) in [5, 5.41) is 0. The molecule has 1 unspecified atom stereocenters. The van der Waals surface area contributed by atoms with Gasteiger partial charge in [-0.15, -0.1) is 0 Å². The van der Waals surface area contributed by atoms with E-state index in [-0.39, 0.29) is 17.8 Å². The lowest BCUT2D eigenvalue weighted by Crippen LogP contribution is -2.27. The van der Waals surface area contributed by atoms with Crippen LogP contribution in [0, 0.1) is 5.92 Å². The molecule has 1 atom stereocenters. The zero-order valence-corrected chi connectivity index (χ0v) is 13.7. The Morgan fingerprint density at radius 3 is 2.43 bits per heavy atom. The first-order valence-corrected chi connectivity index (χ1v) is 8.63. The van der Waals surface area contributed by atoms with Crippen molar-refractivity contribution in [1.82, 2.24) is 4.90 Å². The summed E-state index contributed by atoms with van der Waals surface area (Å²) < 4.78 is 5.13. The maximum Gasteiger partial charge on any atom is 0.311 e. The van der Waals surface area contributed by atoms with Gasteiger partial charge in [0.05, 0.1) is 12.5 Å². The van der Waals surface area contributed by atoms with Crippen molar-refractivity contribution >= 4 is 11.9 Å². The molecule has 0 aromatic carbocycles. The molecule has 1 heterocycles. The van der Waals surface area contributed by atoms with E-state index in [0.717, 1.165) is 19.4 Å². The molecule has 1 rings (SSSR count). The molecule has 0 bridgehead atoms. The molecule has 0 spiro atoms. The Hall–Kier alpha value is -1.06. The minimum Gasteiger partial charge on any atom is -0.465 e. The first-order valence-electron chi connectivity index (χ1n) is 8.63. The van der Waals surface area contributed by atoms with Crippen LogP contribution in [0.2, 0.25) is 0 Å². The van der Waals surface area contributed by atoms with Gasteiger partial charge in [-0.05, 0) is 12.8 Å². The van der Waals surface area contributed by atoms with Gasteiger partial charge in [0.15, 0.2) is 0 Å². The average molecular weight is 297 g/mol. The van der Waals surface area contributed by atoms with Crippen molar-refractivity contribution in [3.63, 3.8) is 0 Å². The lowest BCUT2D eigenvalue weighted by Gasteiger charge is -2.16. The van der Waals surface area contributed by atoms with Gasteiger partial charge in [-0.3, -0.25) is 9.59 Å². The Labute approximate surface area is 129 Å². The highest BCUT2D eigenvalue weighted by Gasteiger charge is 2.34. The molecule has 0 aliphatic carbocycles. The quantitative estimate of drug-likeness (QED) is 0.433. The van der Waals surface area contributed by atoms with Crippen molar-refractivity contribution < 1.29 is 14.3 Å². The van der Waals surface area contributed by atoms with Crippen molar-refractivity contribution in [3.8, 4) is 0 Å². The van der Waals surface area contributed by atoms with E-state index in [4.69, 9.17) is 4.74 Å². The number of hydrogen-bond donors (Lipinski definition) is 0. The normalized spacial score (nSPS) is 18.3. The summed E-state index contributed by atoms with van der Waals surface area (Å²) in [6.07, 6.45) is 9.87. The largest absolute Gasteiger partial charge is 0.465 e. The highest BCUT2D eigenvalue weighted by Crippen LogP contribution is 2.20. The molecule has 0 aromatic heterocycles. The summed E-state index contributed by atoms with van der Waals surface area (Å²) in [4.78, 5) is 25.5. The fourth-order valence-electron chi connectivity index (χ4n) is 2.73. The number of amides is 1. The van der Waals surface area contributed by atoms with Crippen LogP contribution in [0.4, 0.5) is 0 Å². The van der Waals surface area contributed by atoms with Gasteiger partial charge in [-0.2, -0.15) is 0 Å². The summed E-state index contributed by atoms with van der Waals surface area (Å²) in [5.41, 5.74) is 0. The van der Waals surface area contributed by atoms with Crippen molar-refractivity contribution in [2.75, 3.05) is 19.7 Å². The summed E-state index contributed by atoms with van der Waals surface area (Å²) in [5.74, 6) is -0.333. The fraction of sp³-hybridized carbons (Fsp3) is 0.882. The van der Waals surface area contributed by atoms with E-state index in [0.29, 0.717) is 19.6 Å². The Balaban J connectivity index is 2.13. The number of rotatable bonds is 11. The van der Waals surface area contributed by atoms with Crippen LogP contribution in [-0.2, 0) is 14.3 Å². The maximum absolute atomic E-state index is 11.9. The van der Waals surface area contributed by atoms with E-state index in [1.165, 1.54) is 38.5 Å². The smallest absolute Gasteiger partial charge is 0.311 e. The van der Waals surface area contributed by atoms with Gasteiger partial charge in [-0.25, -0.2) is 0 Å². The van der Waals surface area contributed by atoms with Gasteiger partial charge >= 0.3 is 5.97 Å². The van der Waals surface area contributed by atoms with Crippen molar-refractivity contribution in [3.05, 3.63) is 0 Å². The minimum atomic E-state index is -0.242. The SMILES string of the molecule is CCCCCCCCCN1CC(C(=O)OCCC)CC1=O. The lowest BCUT2D eigenvalue weighted by atomic mass is 10.1. The third-order valence-corrected chi connectivity index (χ3v) is 4.03. The minimum absolute atomic E-state index is 0.111. The Kier molecular flexibility index (Phi) is 9.11. The third kappa shape index (κ3) is 6.96. The maximum atomic E-state index is 11.9. The second kappa shape index (κ2) is 10.6. The molecule has 4 heteroatoms. The van der Waals surface area contributed by atoms with Gasteiger partial charge in [0.25, 0.3) is 0 Å². The van der Waals surface area contributed by atoms with Crippen LogP contribution < -0.4 is 0 Å². The first kappa shape index (κ1) is 18.0. The second-order valence-electron chi connectivity index (χ2n) is 6.03. The molecule has 122 valence electrons. The first-order chi connectivity index (χ1) is 10.2. The van der Waals surface area contributed by atoms with Crippen molar-refractivity contribution in [1.29, 1.82) is 0 Å². The second-order valence-corrected chi connectivity index (χ2v) is 6.03. The van der Waals surface area contributed by atoms with E-state index >= 15 is 0 Å². The van der Waals surface area contributed by atoms with E-state index in [1.54, 1.807) is 0 Å². The number of esters is 1. The van der Waals surface area contributed by atoms with E-state index in [2.05, 4.69) is 6.92 Å². The van der Waals surface area contributed by atoms with Crippen LogP contribution >= 0.6 is 0 Å². The van der Waals surface area contributed by atoms with Gasteiger partial charge < -0.3 is 9.64 Å². The van der Waals surface area contributed by atoms with Crippen molar-refractivity contribution in [2.45, 2.75) is 71.6 Å². The predicted octanol–water partition coefficient (Wildman–Crippen LogP) is 3.54. The Morgan fingerprint density at radius 2 is 1.76 bits per heavy atom. The van der Waals surface area contributed by atoms with E-state index < -0.39 is 0 Å². The zero-order chi connectivity index (χ0) is 15.5. The molecule has 0 radical (unpaired) electrons. The fourth-order valence-corrected chi connectivity index (χ4v) is 2.73. The molecule has 0 N–H and O–H groups in total. The highest BCUT2D eigenvalue weighted by atomic mass is 16.5. The van der Waals surface area contributed by atoms with Crippen LogP contribution in [0.25, 0.3) is 0 Å². The number of hydrogen-bond acceptors (Lipinski definition) is 3. The topological polar surface area (TPSA) is 46.6 Å². The molecule has 21 heavy (non-hydrogen) atoms.